The van der Waals surface area contributed by atoms with Gasteiger partial charge in [-0.05, 0) is 31.1 Å². The van der Waals surface area contributed by atoms with E-state index < -0.39 is 6.10 Å². The summed E-state index contributed by atoms with van der Waals surface area (Å²) in [5.74, 6) is 0.680. The van der Waals surface area contributed by atoms with Crippen LogP contribution in [0.3, 0.4) is 0 Å². The molecule has 0 saturated heterocycles. The van der Waals surface area contributed by atoms with E-state index in [2.05, 4.69) is 34.6 Å². The van der Waals surface area contributed by atoms with Crippen molar-refractivity contribution < 1.29 is 28.6 Å². The molecule has 0 aliphatic rings. The van der Waals surface area contributed by atoms with Gasteiger partial charge in [-0.3, -0.25) is 14.4 Å². The number of hydrogen-bond donors (Lipinski definition) is 0. The van der Waals surface area contributed by atoms with Crippen LogP contribution >= 0.6 is 0 Å². The number of hydrogen-bond acceptors (Lipinski definition) is 6. The molecule has 266 valence electrons. The van der Waals surface area contributed by atoms with Crippen LogP contribution in [0.25, 0.3) is 0 Å². The van der Waals surface area contributed by atoms with Gasteiger partial charge in [0.15, 0.2) is 6.10 Å². The zero-order valence-corrected chi connectivity index (χ0v) is 30.5. The summed E-state index contributed by atoms with van der Waals surface area (Å²) in [6, 6.07) is 0. The van der Waals surface area contributed by atoms with Gasteiger partial charge in [0.05, 0.1) is 0 Å². The molecule has 0 aliphatic carbocycles. The molecule has 0 spiro atoms. The number of carbonyl (C=O) groups is 3. The molecule has 0 radical (unpaired) electrons. The molecular formula is C39H74O6. The van der Waals surface area contributed by atoms with Crippen molar-refractivity contribution in [3.63, 3.8) is 0 Å². The first kappa shape index (κ1) is 43.4. The third-order valence-electron chi connectivity index (χ3n) is 8.47. The van der Waals surface area contributed by atoms with Crippen LogP contribution in [-0.2, 0) is 28.6 Å². The van der Waals surface area contributed by atoms with Crippen molar-refractivity contribution in [2.75, 3.05) is 13.2 Å². The molecule has 0 bridgehead atoms. The van der Waals surface area contributed by atoms with Crippen LogP contribution in [0.4, 0.5) is 0 Å². The van der Waals surface area contributed by atoms with Crippen molar-refractivity contribution in [1.29, 1.82) is 0 Å². The van der Waals surface area contributed by atoms with Crippen LogP contribution in [0.1, 0.15) is 202 Å². The Morgan fingerprint density at radius 1 is 0.422 bits per heavy atom. The summed E-state index contributed by atoms with van der Waals surface area (Å²) in [6.07, 6.45) is 26.9. The van der Waals surface area contributed by atoms with E-state index in [9.17, 15) is 14.4 Å². The standard InChI is InChI=1S/C39H74O6/c1-6-7-8-9-12-21-26-31-39(42)45-36(33-44-38(41)30-25-20-16-15-18-23-28-35(4)5)32-43-37(40)29-24-19-14-11-10-13-17-22-27-34(2)3/h34-36H,6-33H2,1-5H3/t36-/m1/s1. The maximum absolute atomic E-state index is 12.5. The molecule has 0 amide bonds. The monoisotopic (exact) mass is 639 g/mol. The van der Waals surface area contributed by atoms with E-state index in [1.54, 1.807) is 0 Å². The van der Waals surface area contributed by atoms with Gasteiger partial charge in [-0.2, -0.15) is 0 Å². The van der Waals surface area contributed by atoms with Gasteiger partial charge < -0.3 is 14.2 Å². The highest BCUT2D eigenvalue weighted by molar-refractivity contribution is 5.71. The van der Waals surface area contributed by atoms with E-state index in [0.717, 1.165) is 69.6 Å². The minimum atomic E-state index is -0.758. The van der Waals surface area contributed by atoms with Gasteiger partial charge in [0, 0.05) is 19.3 Å². The van der Waals surface area contributed by atoms with Gasteiger partial charge in [-0.15, -0.1) is 0 Å². The molecular weight excluding hydrogens is 564 g/mol. The Labute approximate surface area is 278 Å². The van der Waals surface area contributed by atoms with Crippen LogP contribution in [0, 0.1) is 11.8 Å². The molecule has 0 saturated carbocycles. The zero-order valence-electron chi connectivity index (χ0n) is 30.5. The summed E-state index contributed by atoms with van der Waals surface area (Å²) < 4.78 is 16.5. The summed E-state index contributed by atoms with van der Waals surface area (Å²) >= 11 is 0. The fourth-order valence-electron chi connectivity index (χ4n) is 5.52. The van der Waals surface area contributed by atoms with Crippen molar-refractivity contribution in [3.8, 4) is 0 Å². The fourth-order valence-corrected chi connectivity index (χ4v) is 5.52. The highest BCUT2D eigenvalue weighted by Crippen LogP contribution is 2.15. The van der Waals surface area contributed by atoms with Crippen LogP contribution in [0.15, 0.2) is 0 Å². The Kier molecular flexibility index (Phi) is 31.2. The summed E-state index contributed by atoms with van der Waals surface area (Å²) in [6.45, 7) is 11.2. The smallest absolute Gasteiger partial charge is 0.306 e. The predicted octanol–water partition coefficient (Wildman–Crippen LogP) is 11.5. The highest BCUT2D eigenvalue weighted by Gasteiger charge is 2.19. The van der Waals surface area contributed by atoms with Crippen molar-refractivity contribution in [2.24, 2.45) is 11.8 Å². The van der Waals surface area contributed by atoms with Gasteiger partial charge in [-0.25, -0.2) is 0 Å². The quantitative estimate of drug-likeness (QED) is 0.0404. The van der Waals surface area contributed by atoms with E-state index >= 15 is 0 Å². The molecule has 0 aromatic heterocycles. The van der Waals surface area contributed by atoms with Crippen molar-refractivity contribution in [1.82, 2.24) is 0 Å². The average Bonchev–Trinajstić information content (AvgIpc) is 2.99. The summed E-state index contributed by atoms with van der Waals surface area (Å²) in [7, 11) is 0. The Balaban J connectivity index is 4.33. The zero-order chi connectivity index (χ0) is 33.4. The number of rotatable bonds is 33. The largest absolute Gasteiger partial charge is 0.462 e. The molecule has 0 aliphatic heterocycles. The molecule has 6 nitrogen and oxygen atoms in total. The van der Waals surface area contributed by atoms with Gasteiger partial charge in [0.2, 0.25) is 0 Å². The number of carbonyl (C=O) groups excluding carboxylic acids is 3. The number of ether oxygens (including phenoxy) is 3. The van der Waals surface area contributed by atoms with Crippen molar-refractivity contribution in [3.05, 3.63) is 0 Å². The van der Waals surface area contributed by atoms with E-state index in [0.29, 0.717) is 19.3 Å². The highest BCUT2D eigenvalue weighted by atomic mass is 16.6. The SMILES string of the molecule is CCCCCCCCCC(=O)O[C@H](COC(=O)CCCCCCCCCCC(C)C)COC(=O)CCCCCCCCC(C)C. The second-order valence-electron chi connectivity index (χ2n) is 14.2. The van der Waals surface area contributed by atoms with Crippen molar-refractivity contribution >= 4 is 17.9 Å². The first-order valence-corrected chi connectivity index (χ1v) is 19.2. The first-order valence-electron chi connectivity index (χ1n) is 19.2. The fraction of sp³-hybridized carbons (Fsp3) is 0.923. The maximum atomic E-state index is 12.5. The van der Waals surface area contributed by atoms with Gasteiger partial charge >= 0.3 is 17.9 Å². The summed E-state index contributed by atoms with van der Waals surface area (Å²) in [5, 5.41) is 0. The maximum Gasteiger partial charge on any atom is 0.306 e. The van der Waals surface area contributed by atoms with Crippen LogP contribution in [0.5, 0.6) is 0 Å². The number of unbranched alkanes of at least 4 members (excludes halogenated alkanes) is 18. The summed E-state index contributed by atoms with van der Waals surface area (Å²) in [5.41, 5.74) is 0. The van der Waals surface area contributed by atoms with E-state index in [1.165, 1.54) is 89.9 Å². The first-order chi connectivity index (χ1) is 21.7. The van der Waals surface area contributed by atoms with Crippen molar-refractivity contribution in [2.45, 2.75) is 208 Å². The second-order valence-corrected chi connectivity index (χ2v) is 14.2. The van der Waals surface area contributed by atoms with Gasteiger partial charge in [0.25, 0.3) is 0 Å². The molecule has 0 heterocycles. The van der Waals surface area contributed by atoms with Gasteiger partial charge in [0.1, 0.15) is 13.2 Å². The number of esters is 3. The molecule has 45 heavy (non-hydrogen) atoms. The normalized spacial score (nSPS) is 12.1. The molecule has 1 atom stereocenters. The third-order valence-corrected chi connectivity index (χ3v) is 8.47. The lowest BCUT2D eigenvalue weighted by molar-refractivity contribution is -0.167. The van der Waals surface area contributed by atoms with Crippen LogP contribution in [0.2, 0.25) is 0 Å². The van der Waals surface area contributed by atoms with E-state index in [4.69, 9.17) is 14.2 Å². The molecule has 0 aromatic rings. The van der Waals surface area contributed by atoms with E-state index in [1.807, 2.05) is 0 Å². The van der Waals surface area contributed by atoms with Crippen LogP contribution < -0.4 is 0 Å². The summed E-state index contributed by atoms with van der Waals surface area (Å²) in [4.78, 5) is 37.3. The molecule has 0 unspecified atom stereocenters. The Hall–Kier alpha value is -1.59. The Morgan fingerprint density at radius 3 is 1.09 bits per heavy atom. The molecule has 0 rings (SSSR count). The van der Waals surface area contributed by atoms with E-state index in [-0.39, 0.29) is 31.1 Å². The topological polar surface area (TPSA) is 78.9 Å². The molecule has 6 heteroatoms. The lowest BCUT2D eigenvalue weighted by Gasteiger charge is -2.18. The molecule has 0 fully saturated rings. The van der Waals surface area contributed by atoms with Crippen LogP contribution in [-0.4, -0.2) is 37.2 Å². The molecule has 0 aromatic carbocycles. The average molecular weight is 639 g/mol. The third kappa shape index (κ3) is 33.6. The predicted molar refractivity (Wildman–Crippen MR) is 187 cm³/mol. The lowest BCUT2D eigenvalue weighted by atomic mass is 10.0. The minimum absolute atomic E-state index is 0.0678. The van der Waals surface area contributed by atoms with Gasteiger partial charge in [-0.1, -0.05) is 163 Å². The Morgan fingerprint density at radius 2 is 0.733 bits per heavy atom. The minimum Gasteiger partial charge on any atom is -0.462 e. The second kappa shape index (κ2) is 32.4. The molecule has 0 N–H and O–H groups in total. The lowest BCUT2D eigenvalue weighted by Crippen LogP contribution is -2.30. The Bertz CT molecular complexity index is 689.